The Morgan fingerprint density at radius 3 is 2.61 bits per heavy atom. The quantitative estimate of drug-likeness (QED) is 0.492. The Hall–Kier alpha value is -3.67. The maximum Gasteiger partial charge on any atom is 0.335 e. The first-order chi connectivity index (χ1) is 13.4. The molecule has 4 amide bonds. The van der Waals surface area contributed by atoms with Crippen LogP contribution in [0.2, 0.25) is 0 Å². The van der Waals surface area contributed by atoms with Gasteiger partial charge in [0.2, 0.25) is 0 Å². The average Bonchev–Trinajstić information content (AvgIpc) is 2.66. The van der Waals surface area contributed by atoms with E-state index in [1.54, 1.807) is 43.3 Å². The lowest BCUT2D eigenvalue weighted by atomic mass is 10.0. The summed E-state index contributed by atoms with van der Waals surface area (Å²) in [6.45, 7) is 7.56. The molecule has 0 aromatic heterocycles. The number of imide groups is 2. The molecular formula is C22H20N2O4. The van der Waals surface area contributed by atoms with Gasteiger partial charge in [-0.1, -0.05) is 43.0 Å². The molecule has 1 aliphatic heterocycles. The predicted molar refractivity (Wildman–Crippen MR) is 107 cm³/mol. The van der Waals surface area contributed by atoms with Gasteiger partial charge in [0.25, 0.3) is 11.8 Å². The fourth-order valence-corrected chi connectivity index (χ4v) is 2.87. The fourth-order valence-electron chi connectivity index (χ4n) is 2.87. The van der Waals surface area contributed by atoms with E-state index in [0.717, 1.165) is 16.0 Å². The van der Waals surface area contributed by atoms with Crippen molar-refractivity contribution in [2.75, 3.05) is 11.5 Å². The molecule has 1 aliphatic rings. The number of carbonyl (C=O) groups excluding carboxylic acids is 3. The van der Waals surface area contributed by atoms with Crippen molar-refractivity contribution in [3.05, 3.63) is 77.4 Å². The molecule has 2 aromatic carbocycles. The molecule has 1 heterocycles. The Labute approximate surface area is 163 Å². The van der Waals surface area contributed by atoms with E-state index in [4.69, 9.17) is 4.74 Å². The van der Waals surface area contributed by atoms with Gasteiger partial charge in [-0.2, -0.15) is 0 Å². The zero-order chi connectivity index (χ0) is 20.3. The summed E-state index contributed by atoms with van der Waals surface area (Å²) in [5.41, 5.74) is 2.50. The van der Waals surface area contributed by atoms with Crippen molar-refractivity contribution >= 4 is 29.6 Å². The second-order valence-electron chi connectivity index (χ2n) is 6.39. The molecule has 0 radical (unpaired) electrons. The molecule has 0 aliphatic carbocycles. The van der Waals surface area contributed by atoms with Gasteiger partial charge in [0.15, 0.2) is 0 Å². The summed E-state index contributed by atoms with van der Waals surface area (Å²) >= 11 is 0. The molecule has 6 nitrogen and oxygen atoms in total. The van der Waals surface area contributed by atoms with Crippen molar-refractivity contribution in [1.82, 2.24) is 5.32 Å². The van der Waals surface area contributed by atoms with Crippen LogP contribution in [0.4, 0.5) is 10.5 Å². The van der Waals surface area contributed by atoms with Crippen molar-refractivity contribution in [1.29, 1.82) is 0 Å². The van der Waals surface area contributed by atoms with Crippen molar-refractivity contribution in [3.63, 3.8) is 0 Å². The van der Waals surface area contributed by atoms with Gasteiger partial charge < -0.3 is 4.74 Å². The molecule has 28 heavy (non-hydrogen) atoms. The van der Waals surface area contributed by atoms with Crippen molar-refractivity contribution < 1.29 is 19.1 Å². The third-order valence-corrected chi connectivity index (χ3v) is 4.28. The fraction of sp³-hybridized carbons (Fsp3) is 0.136. The van der Waals surface area contributed by atoms with Crippen LogP contribution >= 0.6 is 0 Å². The minimum absolute atomic E-state index is 0.143. The van der Waals surface area contributed by atoms with Crippen LogP contribution in [-0.2, 0) is 9.59 Å². The SMILES string of the molecule is C=CCOc1ccccc1/C=C1\C(=O)NC(=O)N(c2cc(C)ccc2C)C1=O. The van der Waals surface area contributed by atoms with E-state index in [0.29, 0.717) is 17.0 Å². The van der Waals surface area contributed by atoms with Crippen LogP contribution < -0.4 is 15.0 Å². The van der Waals surface area contributed by atoms with E-state index in [1.807, 2.05) is 19.1 Å². The van der Waals surface area contributed by atoms with Crippen molar-refractivity contribution in [2.24, 2.45) is 0 Å². The first kappa shape index (κ1) is 19.1. The number of amides is 4. The molecule has 0 atom stereocenters. The van der Waals surface area contributed by atoms with E-state index in [1.165, 1.54) is 6.08 Å². The summed E-state index contributed by atoms with van der Waals surface area (Å²) in [4.78, 5) is 38.8. The lowest BCUT2D eigenvalue weighted by molar-refractivity contribution is -0.122. The smallest absolute Gasteiger partial charge is 0.335 e. The van der Waals surface area contributed by atoms with Crippen LogP contribution in [0.3, 0.4) is 0 Å². The minimum atomic E-state index is -0.767. The number of ether oxygens (including phenoxy) is 1. The van der Waals surface area contributed by atoms with Crippen LogP contribution in [0.1, 0.15) is 16.7 Å². The van der Waals surface area contributed by atoms with E-state index >= 15 is 0 Å². The van der Waals surface area contributed by atoms with Crippen LogP contribution in [0.5, 0.6) is 5.75 Å². The Morgan fingerprint density at radius 1 is 1.11 bits per heavy atom. The summed E-state index contributed by atoms with van der Waals surface area (Å²) in [6, 6.07) is 11.7. The Kier molecular flexibility index (Phi) is 5.40. The average molecular weight is 376 g/mol. The monoisotopic (exact) mass is 376 g/mol. The van der Waals surface area contributed by atoms with Gasteiger partial charge in [0, 0.05) is 5.56 Å². The van der Waals surface area contributed by atoms with Gasteiger partial charge in [-0.15, -0.1) is 0 Å². The summed E-state index contributed by atoms with van der Waals surface area (Å²) in [5, 5.41) is 2.24. The standard InChI is InChI=1S/C22H20N2O4/c1-4-11-28-19-8-6-5-7-16(19)13-17-20(25)23-22(27)24(21(17)26)18-12-14(2)9-10-15(18)3/h4-10,12-13H,1,11H2,2-3H3,(H,23,25,27)/b17-13+. The highest BCUT2D eigenvalue weighted by molar-refractivity contribution is 6.39. The van der Waals surface area contributed by atoms with Gasteiger partial charge in [-0.3, -0.25) is 14.9 Å². The second-order valence-corrected chi connectivity index (χ2v) is 6.39. The molecular weight excluding hydrogens is 356 g/mol. The molecule has 1 saturated heterocycles. The first-order valence-electron chi connectivity index (χ1n) is 8.74. The molecule has 0 spiro atoms. The highest BCUT2D eigenvalue weighted by Crippen LogP contribution is 2.28. The summed E-state index contributed by atoms with van der Waals surface area (Å²) in [6.07, 6.45) is 3.03. The van der Waals surface area contributed by atoms with Gasteiger partial charge in [0.1, 0.15) is 17.9 Å². The van der Waals surface area contributed by atoms with Crippen LogP contribution in [0, 0.1) is 13.8 Å². The molecule has 0 saturated carbocycles. The van der Waals surface area contributed by atoms with E-state index in [9.17, 15) is 14.4 Å². The summed E-state index contributed by atoms with van der Waals surface area (Å²) in [7, 11) is 0. The van der Waals surface area contributed by atoms with Gasteiger partial charge in [-0.05, 0) is 43.2 Å². The second kappa shape index (κ2) is 7.92. The zero-order valence-corrected chi connectivity index (χ0v) is 15.7. The number of para-hydroxylation sites is 1. The molecule has 0 unspecified atom stereocenters. The van der Waals surface area contributed by atoms with E-state index in [-0.39, 0.29) is 12.2 Å². The molecule has 6 heteroatoms. The number of carbonyl (C=O) groups is 3. The maximum absolute atomic E-state index is 13.1. The van der Waals surface area contributed by atoms with Crippen molar-refractivity contribution in [2.45, 2.75) is 13.8 Å². The van der Waals surface area contributed by atoms with E-state index < -0.39 is 17.8 Å². The highest BCUT2D eigenvalue weighted by Gasteiger charge is 2.37. The Morgan fingerprint density at radius 2 is 1.86 bits per heavy atom. The summed E-state index contributed by atoms with van der Waals surface area (Å²) < 4.78 is 5.58. The number of barbiturate groups is 1. The molecule has 2 aromatic rings. The largest absolute Gasteiger partial charge is 0.489 e. The molecule has 3 rings (SSSR count). The van der Waals surface area contributed by atoms with Crippen LogP contribution in [0.25, 0.3) is 6.08 Å². The number of nitrogens with one attached hydrogen (secondary N) is 1. The minimum Gasteiger partial charge on any atom is -0.489 e. The third-order valence-electron chi connectivity index (χ3n) is 4.28. The molecule has 1 N–H and O–H groups in total. The zero-order valence-electron chi connectivity index (χ0n) is 15.7. The van der Waals surface area contributed by atoms with Gasteiger partial charge >= 0.3 is 6.03 Å². The van der Waals surface area contributed by atoms with Gasteiger partial charge in [-0.25, -0.2) is 9.69 Å². The highest BCUT2D eigenvalue weighted by atomic mass is 16.5. The number of hydrogen-bond acceptors (Lipinski definition) is 4. The third kappa shape index (κ3) is 3.71. The first-order valence-corrected chi connectivity index (χ1v) is 8.74. The van der Waals surface area contributed by atoms with Crippen molar-refractivity contribution in [3.8, 4) is 5.75 Å². The maximum atomic E-state index is 13.1. The van der Waals surface area contributed by atoms with Crippen LogP contribution in [0.15, 0.2) is 60.7 Å². The lowest BCUT2D eigenvalue weighted by Crippen LogP contribution is -2.54. The molecule has 0 bridgehead atoms. The lowest BCUT2D eigenvalue weighted by Gasteiger charge is -2.28. The van der Waals surface area contributed by atoms with Gasteiger partial charge in [0.05, 0.1) is 5.69 Å². The molecule has 1 fully saturated rings. The summed E-state index contributed by atoms with van der Waals surface area (Å²) in [5.74, 6) is -0.915. The Bertz CT molecular complexity index is 1010. The van der Waals surface area contributed by atoms with Crippen LogP contribution in [-0.4, -0.2) is 24.5 Å². The normalized spacial score (nSPS) is 15.6. The number of urea groups is 1. The topological polar surface area (TPSA) is 75.7 Å². The number of hydrogen-bond donors (Lipinski definition) is 1. The number of rotatable bonds is 5. The number of nitrogens with zero attached hydrogens (tertiary/aromatic N) is 1. The number of anilines is 1. The van der Waals surface area contributed by atoms with E-state index in [2.05, 4.69) is 11.9 Å². The number of benzene rings is 2. The number of aryl methyl sites for hydroxylation is 2. The molecule has 142 valence electrons. The predicted octanol–water partition coefficient (Wildman–Crippen LogP) is 3.53. The Balaban J connectivity index is 2.05.